The van der Waals surface area contributed by atoms with Gasteiger partial charge in [-0.15, -0.1) is 0 Å². The fourth-order valence-corrected chi connectivity index (χ4v) is 2.98. The molecule has 1 fully saturated rings. The third-order valence-corrected chi connectivity index (χ3v) is 4.31. The van der Waals surface area contributed by atoms with E-state index in [0.717, 1.165) is 11.8 Å². The Labute approximate surface area is 103 Å². The van der Waals surface area contributed by atoms with E-state index in [0.29, 0.717) is 10.8 Å². The molecule has 0 radical (unpaired) electrons. The van der Waals surface area contributed by atoms with E-state index in [2.05, 4.69) is 41.5 Å². The van der Waals surface area contributed by atoms with Crippen LogP contribution in [0.2, 0.25) is 0 Å². The second-order valence-corrected chi connectivity index (χ2v) is 8.19. The molecule has 0 heteroatoms. The molecule has 1 aliphatic rings. The zero-order valence-corrected chi connectivity index (χ0v) is 12.4. The summed E-state index contributed by atoms with van der Waals surface area (Å²) < 4.78 is 0. The largest absolute Gasteiger partial charge is 0.0602 e. The highest BCUT2D eigenvalue weighted by Gasteiger charge is 2.30. The summed E-state index contributed by atoms with van der Waals surface area (Å²) in [6, 6.07) is 0. The summed E-state index contributed by atoms with van der Waals surface area (Å²) in [6.45, 7) is 14.4. The molecule has 2 atom stereocenters. The monoisotopic (exact) mass is 224 g/mol. The van der Waals surface area contributed by atoms with Crippen molar-refractivity contribution in [2.75, 3.05) is 0 Å². The van der Waals surface area contributed by atoms with Gasteiger partial charge in [0.15, 0.2) is 0 Å². The summed E-state index contributed by atoms with van der Waals surface area (Å²) in [4.78, 5) is 0. The van der Waals surface area contributed by atoms with Crippen LogP contribution in [0, 0.1) is 22.7 Å². The van der Waals surface area contributed by atoms with Gasteiger partial charge in [0.05, 0.1) is 0 Å². The highest BCUT2D eigenvalue weighted by Crippen LogP contribution is 2.42. The van der Waals surface area contributed by atoms with Crippen LogP contribution in [-0.4, -0.2) is 0 Å². The van der Waals surface area contributed by atoms with E-state index in [4.69, 9.17) is 0 Å². The van der Waals surface area contributed by atoms with Gasteiger partial charge in [-0.25, -0.2) is 0 Å². The Morgan fingerprint density at radius 3 is 2.06 bits per heavy atom. The lowest BCUT2D eigenvalue weighted by molar-refractivity contribution is 0.130. The van der Waals surface area contributed by atoms with Gasteiger partial charge in [-0.1, -0.05) is 54.4 Å². The van der Waals surface area contributed by atoms with Crippen molar-refractivity contribution in [3.8, 4) is 0 Å². The molecule has 0 heterocycles. The summed E-state index contributed by atoms with van der Waals surface area (Å²) in [5.74, 6) is 1.98. The molecular weight excluding hydrogens is 192 g/mol. The Hall–Kier alpha value is 0. The van der Waals surface area contributed by atoms with Crippen molar-refractivity contribution in [3.05, 3.63) is 0 Å². The Morgan fingerprint density at radius 1 is 0.938 bits per heavy atom. The summed E-state index contributed by atoms with van der Waals surface area (Å²) >= 11 is 0. The van der Waals surface area contributed by atoms with Crippen LogP contribution in [-0.2, 0) is 0 Å². The van der Waals surface area contributed by atoms with Gasteiger partial charge in [0.2, 0.25) is 0 Å². The van der Waals surface area contributed by atoms with Crippen LogP contribution in [0.15, 0.2) is 0 Å². The van der Waals surface area contributed by atoms with E-state index in [1.54, 1.807) is 0 Å². The van der Waals surface area contributed by atoms with Gasteiger partial charge in [0, 0.05) is 0 Å². The Bertz CT molecular complexity index is 201. The average molecular weight is 224 g/mol. The molecule has 0 saturated heterocycles. The second-order valence-electron chi connectivity index (χ2n) is 8.19. The van der Waals surface area contributed by atoms with Gasteiger partial charge in [0.1, 0.15) is 0 Å². The quantitative estimate of drug-likeness (QED) is 0.567. The first-order chi connectivity index (χ1) is 7.18. The lowest BCUT2D eigenvalue weighted by Crippen LogP contribution is -2.27. The summed E-state index contributed by atoms with van der Waals surface area (Å²) in [5.41, 5.74) is 1.05. The molecule has 1 aliphatic carbocycles. The van der Waals surface area contributed by atoms with Crippen LogP contribution >= 0.6 is 0 Å². The first-order valence-corrected chi connectivity index (χ1v) is 7.18. The standard InChI is InChI=1S/C16H32/c1-15(2,3)11-10-13-8-7-9-14(12-13)16(4,5)6/h13-14H,7-12H2,1-6H3/t13-,14+/m0/s1. The van der Waals surface area contributed by atoms with E-state index < -0.39 is 0 Å². The van der Waals surface area contributed by atoms with E-state index in [9.17, 15) is 0 Å². The Balaban J connectivity index is 2.39. The highest BCUT2D eigenvalue weighted by atomic mass is 14.4. The third kappa shape index (κ3) is 4.89. The molecule has 16 heavy (non-hydrogen) atoms. The number of rotatable bonds is 2. The molecule has 1 saturated carbocycles. The second kappa shape index (κ2) is 5.10. The lowest BCUT2D eigenvalue weighted by atomic mass is 9.67. The minimum Gasteiger partial charge on any atom is -0.0602 e. The molecule has 0 N–H and O–H groups in total. The first-order valence-electron chi connectivity index (χ1n) is 7.18. The molecule has 0 aliphatic heterocycles. The molecule has 1 rings (SSSR count). The predicted octanol–water partition coefficient (Wildman–Crippen LogP) is 5.67. The van der Waals surface area contributed by atoms with Crippen LogP contribution in [0.25, 0.3) is 0 Å². The molecule has 0 aromatic carbocycles. The average Bonchev–Trinajstić information content (AvgIpc) is 2.13. The van der Waals surface area contributed by atoms with Crippen LogP contribution < -0.4 is 0 Å². The molecular formula is C16H32. The van der Waals surface area contributed by atoms with Crippen molar-refractivity contribution in [3.63, 3.8) is 0 Å². The van der Waals surface area contributed by atoms with E-state index in [1.807, 2.05) is 0 Å². The van der Waals surface area contributed by atoms with E-state index in [-0.39, 0.29) is 0 Å². The van der Waals surface area contributed by atoms with E-state index >= 15 is 0 Å². The smallest absolute Gasteiger partial charge is 0.0354 e. The van der Waals surface area contributed by atoms with Crippen molar-refractivity contribution < 1.29 is 0 Å². The zero-order chi connectivity index (χ0) is 12.4. The predicted molar refractivity (Wildman–Crippen MR) is 73.6 cm³/mol. The van der Waals surface area contributed by atoms with Crippen molar-refractivity contribution >= 4 is 0 Å². The molecule has 0 bridgehead atoms. The molecule has 0 aromatic heterocycles. The fraction of sp³-hybridized carbons (Fsp3) is 1.00. The van der Waals surface area contributed by atoms with Crippen molar-refractivity contribution in [1.82, 2.24) is 0 Å². The fourth-order valence-electron chi connectivity index (χ4n) is 2.98. The summed E-state index contributed by atoms with van der Waals surface area (Å²) in [6.07, 6.45) is 8.76. The van der Waals surface area contributed by atoms with Crippen LogP contribution in [0.4, 0.5) is 0 Å². The van der Waals surface area contributed by atoms with Gasteiger partial charge in [-0.2, -0.15) is 0 Å². The summed E-state index contributed by atoms with van der Waals surface area (Å²) in [7, 11) is 0. The van der Waals surface area contributed by atoms with Crippen LogP contribution in [0.3, 0.4) is 0 Å². The van der Waals surface area contributed by atoms with E-state index in [1.165, 1.54) is 38.5 Å². The normalized spacial score (nSPS) is 28.1. The SMILES string of the molecule is CC(C)(C)CC[C@@H]1CCC[C@@H](C(C)(C)C)C1. The van der Waals surface area contributed by atoms with Crippen molar-refractivity contribution in [2.24, 2.45) is 22.7 Å². The maximum absolute atomic E-state index is 2.42. The van der Waals surface area contributed by atoms with Gasteiger partial charge >= 0.3 is 0 Å². The molecule has 0 spiro atoms. The zero-order valence-electron chi connectivity index (χ0n) is 12.4. The van der Waals surface area contributed by atoms with Crippen LogP contribution in [0.1, 0.15) is 80.1 Å². The molecule has 0 unspecified atom stereocenters. The van der Waals surface area contributed by atoms with Gasteiger partial charge in [-0.05, 0) is 48.3 Å². The maximum Gasteiger partial charge on any atom is -0.0354 e. The molecule has 0 aromatic rings. The minimum absolute atomic E-state index is 0.522. The lowest BCUT2D eigenvalue weighted by Gasteiger charge is -2.38. The Kier molecular flexibility index (Phi) is 4.49. The Morgan fingerprint density at radius 2 is 1.56 bits per heavy atom. The highest BCUT2D eigenvalue weighted by molar-refractivity contribution is 4.81. The molecule has 0 nitrogen and oxygen atoms in total. The van der Waals surface area contributed by atoms with Gasteiger partial charge in [0.25, 0.3) is 0 Å². The third-order valence-electron chi connectivity index (χ3n) is 4.31. The maximum atomic E-state index is 2.42. The number of hydrogen-bond acceptors (Lipinski definition) is 0. The topological polar surface area (TPSA) is 0 Å². The van der Waals surface area contributed by atoms with Crippen molar-refractivity contribution in [2.45, 2.75) is 80.1 Å². The summed E-state index contributed by atoms with van der Waals surface area (Å²) in [5, 5.41) is 0. The molecule has 96 valence electrons. The van der Waals surface area contributed by atoms with Gasteiger partial charge < -0.3 is 0 Å². The van der Waals surface area contributed by atoms with Crippen LogP contribution in [0.5, 0.6) is 0 Å². The first kappa shape index (κ1) is 14.1. The molecule has 0 amide bonds. The number of hydrogen-bond donors (Lipinski definition) is 0. The van der Waals surface area contributed by atoms with Gasteiger partial charge in [-0.3, -0.25) is 0 Å². The minimum atomic E-state index is 0.522. The van der Waals surface area contributed by atoms with Crippen molar-refractivity contribution in [1.29, 1.82) is 0 Å².